The zero-order valence-corrected chi connectivity index (χ0v) is 10.7. The Kier molecular flexibility index (Phi) is 4.01. The summed E-state index contributed by atoms with van der Waals surface area (Å²) in [7, 11) is 0. The van der Waals surface area contributed by atoms with Gasteiger partial charge in [-0.1, -0.05) is 0 Å². The van der Waals surface area contributed by atoms with Gasteiger partial charge in [0.15, 0.2) is 0 Å². The average Bonchev–Trinajstić information content (AvgIpc) is 2.86. The smallest absolute Gasteiger partial charge is 0.289 e. The summed E-state index contributed by atoms with van der Waals surface area (Å²) in [6, 6.07) is 1.37. The molecule has 0 saturated heterocycles. The Balaban J connectivity index is 2.23. The number of amides is 1. The standard InChI is InChI=1S/C11H5F7N4O/c12-6-2-1-4(3-5(6)10(13,14)15)7(23)19-9-20-8(21-22-9)11(16,17)18/h1-3H,(H2,19,20,21,22,23). The van der Waals surface area contributed by atoms with Gasteiger partial charge in [-0.25, -0.2) is 4.39 Å². The van der Waals surface area contributed by atoms with Crippen molar-refractivity contribution in [3.05, 3.63) is 41.0 Å². The molecule has 0 spiro atoms. The van der Waals surface area contributed by atoms with Gasteiger partial charge in [-0.15, -0.1) is 5.10 Å². The first-order valence-corrected chi connectivity index (χ1v) is 5.66. The van der Waals surface area contributed by atoms with Crippen LogP contribution in [0.4, 0.5) is 36.7 Å². The van der Waals surface area contributed by atoms with E-state index in [2.05, 4.69) is 10.1 Å². The van der Waals surface area contributed by atoms with Crippen molar-refractivity contribution >= 4 is 11.9 Å². The number of carbonyl (C=O) groups is 1. The third kappa shape index (κ3) is 3.76. The lowest BCUT2D eigenvalue weighted by atomic mass is 10.1. The molecule has 0 aliphatic rings. The normalized spacial score (nSPS) is 12.3. The van der Waals surface area contributed by atoms with Crippen molar-refractivity contribution in [2.45, 2.75) is 12.4 Å². The van der Waals surface area contributed by atoms with E-state index in [4.69, 9.17) is 0 Å². The van der Waals surface area contributed by atoms with E-state index in [0.29, 0.717) is 6.07 Å². The molecule has 2 rings (SSSR count). The molecule has 0 radical (unpaired) electrons. The largest absolute Gasteiger partial charge is 0.451 e. The third-order valence-corrected chi connectivity index (χ3v) is 2.51. The highest BCUT2D eigenvalue weighted by molar-refractivity contribution is 6.03. The highest BCUT2D eigenvalue weighted by Crippen LogP contribution is 2.32. The van der Waals surface area contributed by atoms with Gasteiger partial charge < -0.3 is 0 Å². The Hall–Kier alpha value is -2.66. The van der Waals surface area contributed by atoms with Gasteiger partial charge in [0.25, 0.3) is 5.91 Å². The van der Waals surface area contributed by atoms with Gasteiger partial charge in [0.1, 0.15) is 5.82 Å². The SMILES string of the molecule is O=C(Nc1n[nH]c(C(F)(F)F)n1)c1ccc(F)c(C(F)(F)F)c1. The quantitative estimate of drug-likeness (QED) is 0.823. The zero-order valence-electron chi connectivity index (χ0n) is 10.7. The summed E-state index contributed by atoms with van der Waals surface area (Å²) in [5, 5.41) is 6.33. The molecule has 0 bridgehead atoms. The number of aromatic nitrogens is 3. The maximum absolute atomic E-state index is 13.1. The monoisotopic (exact) mass is 342 g/mol. The third-order valence-electron chi connectivity index (χ3n) is 2.51. The molecule has 2 N–H and O–H groups in total. The summed E-state index contributed by atoms with van der Waals surface area (Å²) in [5.74, 6) is -5.11. The van der Waals surface area contributed by atoms with Gasteiger partial charge in [-0.05, 0) is 18.2 Å². The van der Waals surface area contributed by atoms with Gasteiger partial charge in [0.2, 0.25) is 11.8 Å². The number of benzene rings is 1. The minimum atomic E-state index is -5.03. The lowest BCUT2D eigenvalue weighted by Crippen LogP contribution is -2.16. The minimum Gasteiger partial charge on any atom is -0.289 e. The molecule has 0 fully saturated rings. The summed E-state index contributed by atoms with van der Waals surface area (Å²) in [5.41, 5.74) is -2.31. The van der Waals surface area contributed by atoms with Crippen molar-refractivity contribution in [3.63, 3.8) is 0 Å². The second-order valence-corrected chi connectivity index (χ2v) is 4.15. The molecule has 0 aliphatic heterocycles. The van der Waals surface area contributed by atoms with Crippen LogP contribution in [0.2, 0.25) is 0 Å². The molecule has 23 heavy (non-hydrogen) atoms. The molecular weight excluding hydrogens is 337 g/mol. The van der Waals surface area contributed by atoms with Crippen LogP contribution in [0, 0.1) is 5.82 Å². The number of anilines is 1. The van der Waals surface area contributed by atoms with Crippen molar-refractivity contribution < 1.29 is 35.5 Å². The highest BCUT2D eigenvalue weighted by Gasteiger charge is 2.36. The maximum Gasteiger partial charge on any atom is 0.451 e. The topological polar surface area (TPSA) is 70.7 Å². The van der Waals surface area contributed by atoms with Crippen LogP contribution in [0.1, 0.15) is 21.7 Å². The number of alkyl halides is 6. The van der Waals surface area contributed by atoms with Crippen molar-refractivity contribution in [2.75, 3.05) is 5.32 Å². The van der Waals surface area contributed by atoms with Gasteiger partial charge in [0.05, 0.1) is 5.56 Å². The predicted octanol–water partition coefficient (Wildman–Crippen LogP) is 3.23. The molecule has 12 heteroatoms. The number of carbonyl (C=O) groups excluding carboxylic acids is 1. The van der Waals surface area contributed by atoms with E-state index >= 15 is 0 Å². The lowest BCUT2D eigenvalue weighted by Gasteiger charge is -2.09. The van der Waals surface area contributed by atoms with Crippen LogP contribution in [0.3, 0.4) is 0 Å². The Labute approximate surface area is 122 Å². The second-order valence-electron chi connectivity index (χ2n) is 4.15. The van der Waals surface area contributed by atoms with E-state index in [9.17, 15) is 35.5 Å². The first kappa shape index (κ1) is 16.7. The number of nitrogens with one attached hydrogen (secondary N) is 2. The van der Waals surface area contributed by atoms with Gasteiger partial charge >= 0.3 is 12.4 Å². The van der Waals surface area contributed by atoms with E-state index in [-0.39, 0.29) is 6.07 Å². The molecule has 0 aliphatic carbocycles. The van der Waals surface area contributed by atoms with Crippen LogP contribution in [0.15, 0.2) is 18.2 Å². The number of halogens is 7. The molecule has 2 aromatic rings. The first-order chi connectivity index (χ1) is 10.5. The van der Waals surface area contributed by atoms with Crippen LogP contribution >= 0.6 is 0 Å². The number of nitrogens with zero attached hydrogens (tertiary/aromatic N) is 2. The molecule has 5 nitrogen and oxygen atoms in total. The molecular formula is C11H5F7N4O. The highest BCUT2D eigenvalue weighted by atomic mass is 19.4. The van der Waals surface area contributed by atoms with Crippen LogP contribution in [0.5, 0.6) is 0 Å². The summed E-state index contributed by atoms with van der Waals surface area (Å²) < 4.78 is 87.5. The number of hydrogen-bond acceptors (Lipinski definition) is 3. The van der Waals surface area contributed by atoms with E-state index in [1.54, 1.807) is 5.32 Å². The van der Waals surface area contributed by atoms with Crippen molar-refractivity contribution in [2.24, 2.45) is 0 Å². The van der Waals surface area contributed by atoms with Gasteiger partial charge in [-0.3, -0.25) is 15.2 Å². The fraction of sp³-hybridized carbons (Fsp3) is 0.182. The molecule has 1 aromatic heterocycles. The van der Waals surface area contributed by atoms with Crippen LogP contribution < -0.4 is 5.32 Å². The fourth-order valence-corrected chi connectivity index (χ4v) is 1.50. The average molecular weight is 342 g/mol. The Morgan fingerprint density at radius 3 is 2.26 bits per heavy atom. The van der Waals surface area contributed by atoms with E-state index in [1.165, 1.54) is 5.10 Å². The molecule has 124 valence electrons. The van der Waals surface area contributed by atoms with Crippen molar-refractivity contribution in [3.8, 4) is 0 Å². The zero-order chi connectivity index (χ0) is 17.4. The van der Waals surface area contributed by atoms with E-state index in [1.807, 2.05) is 0 Å². The Bertz CT molecular complexity index is 735. The van der Waals surface area contributed by atoms with Gasteiger partial charge in [0, 0.05) is 5.56 Å². The predicted molar refractivity (Wildman–Crippen MR) is 60.7 cm³/mol. The minimum absolute atomic E-state index is 0.224. The number of rotatable bonds is 2. The lowest BCUT2D eigenvalue weighted by molar-refractivity contribution is -0.144. The van der Waals surface area contributed by atoms with Crippen LogP contribution in [-0.4, -0.2) is 21.1 Å². The van der Waals surface area contributed by atoms with Crippen molar-refractivity contribution in [1.29, 1.82) is 0 Å². The molecule has 0 saturated carbocycles. The second kappa shape index (κ2) is 5.52. The summed E-state index contributed by atoms with van der Waals surface area (Å²) in [6.07, 6.45) is -9.87. The summed E-state index contributed by atoms with van der Waals surface area (Å²) in [4.78, 5) is 14.6. The first-order valence-electron chi connectivity index (χ1n) is 5.66. The molecule has 0 atom stereocenters. The number of H-pyrrole nitrogens is 1. The molecule has 1 amide bonds. The molecule has 1 aromatic carbocycles. The molecule has 0 unspecified atom stereocenters. The summed E-state index contributed by atoms with van der Waals surface area (Å²) >= 11 is 0. The Morgan fingerprint density at radius 1 is 1.09 bits per heavy atom. The van der Waals surface area contributed by atoms with Crippen LogP contribution in [-0.2, 0) is 12.4 Å². The number of hydrogen-bond donors (Lipinski definition) is 2. The number of aromatic amines is 1. The van der Waals surface area contributed by atoms with Gasteiger partial charge in [-0.2, -0.15) is 31.3 Å². The van der Waals surface area contributed by atoms with Crippen LogP contribution in [0.25, 0.3) is 0 Å². The summed E-state index contributed by atoms with van der Waals surface area (Å²) in [6.45, 7) is 0. The van der Waals surface area contributed by atoms with Crippen molar-refractivity contribution in [1.82, 2.24) is 15.2 Å². The molecule has 1 heterocycles. The fourth-order valence-electron chi connectivity index (χ4n) is 1.50. The maximum atomic E-state index is 13.1. The van der Waals surface area contributed by atoms with E-state index in [0.717, 1.165) is 6.07 Å². The Morgan fingerprint density at radius 2 is 1.74 bits per heavy atom. The van der Waals surface area contributed by atoms with E-state index < -0.39 is 47.0 Å².